The average molecular weight is 474 g/mol. The number of nitrogens with zero attached hydrogens (tertiary/aromatic N) is 5. The number of nitrogens with one attached hydrogen (secondary N) is 1. The van der Waals surface area contributed by atoms with Crippen molar-refractivity contribution < 1.29 is 5.11 Å². The third-order valence-corrected chi connectivity index (χ3v) is 7.22. The second-order valence-electron chi connectivity index (χ2n) is 9.37. The van der Waals surface area contributed by atoms with Gasteiger partial charge in [-0.1, -0.05) is 36.4 Å². The van der Waals surface area contributed by atoms with Crippen LogP contribution < -0.4 is 11.1 Å². The Morgan fingerprint density at radius 2 is 1.67 bits per heavy atom. The van der Waals surface area contributed by atoms with Crippen molar-refractivity contribution in [1.29, 1.82) is 0 Å². The number of para-hydroxylation sites is 1. The Bertz CT molecular complexity index is 1600. The Kier molecular flexibility index (Phi) is 4.46. The summed E-state index contributed by atoms with van der Waals surface area (Å²) >= 11 is 0. The van der Waals surface area contributed by atoms with Crippen LogP contribution in [0.15, 0.2) is 79.3 Å². The van der Waals surface area contributed by atoms with Crippen molar-refractivity contribution in [2.75, 3.05) is 5.32 Å². The summed E-state index contributed by atoms with van der Waals surface area (Å²) in [6.45, 7) is 0. The Labute approximate surface area is 207 Å². The van der Waals surface area contributed by atoms with Crippen LogP contribution in [-0.2, 0) is 5.54 Å². The van der Waals surface area contributed by atoms with Gasteiger partial charge >= 0.3 is 6.01 Å². The van der Waals surface area contributed by atoms with Crippen LogP contribution in [0.1, 0.15) is 24.8 Å². The first-order valence-corrected chi connectivity index (χ1v) is 12.0. The molecular formula is C28H23N7O. The molecule has 1 saturated carbocycles. The van der Waals surface area contributed by atoms with E-state index in [4.69, 9.17) is 10.7 Å². The Balaban J connectivity index is 1.53. The van der Waals surface area contributed by atoms with Crippen molar-refractivity contribution in [2.24, 2.45) is 5.73 Å². The molecule has 1 fully saturated rings. The van der Waals surface area contributed by atoms with Crippen LogP contribution in [0.4, 0.5) is 11.5 Å². The minimum Gasteiger partial charge on any atom is -0.479 e. The molecule has 4 heterocycles. The minimum absolute atomic E-state index is 0.236. The van der Waals surface area contributed by atoms with E-state index in [1.54, 1.807) is 18.6 Å². The summed E-state index contributed by atoms with van der Waals surface area (Å²) in [5.41, 5.74) is 13.6. The molecule has 5 aromatic rings. The summed E-state index contributed by atoms with van der Waals surface area (Å²) in [6.07, 6.45) is 8.15. The molecule has 0 radical (unpaired) electrons. The number of aromatic nitrogens is 5. The van der Waals surface area contributed by atoms with E-state index in [0.29, 0.717) is 5.56 Å². The molecule has 0 atom stereocenters. The number of rotatable bonds is 3. The molecule has 4 N–H and O–H groups in total. The highest BCUT2D eigenvalue weighted by Gasteiger charge is 2.34. The molecule has 8 nitrogen and oxygen atoms in total. The van der Waals surface area contributed by atoms with Crippen molar-refractivity contribution in [3.05, 3.63) is 84.8 Å². The largest absolute Gasteiger partial charge is 0.479 e. The van der Waals surface area contributed by atoms with Crippen LogP contribution in [-0.4, -0.2) is 29.6 Å². The molecule has 36 heavy (non-hydrogen) atoms. The lowest BCUT2D eigenvalue weighted by molar-refractivity contribution is 0.253. The number of anilines is 2. The highest BCUT2D eigenvalue weighted by molar-refractivity contribution is 5.90. The maximum Gasteiger partial charge on any atom is 0.313 e. The third kappa shape index (κ3) is 3.11. The molecule has 2 aliphatic rings. The predicted octanol–water partition coefficient (Wildman–Crippen LogP) is 5.16. The molecule has 176 valence electrons. The van der Waals surface area contributed by atoms with Crippen LogP contribution in [0, 0.1) is 0 Å². The molecule has 7 rings (SSSR count). The first kappa shape index (κ1) is 20.8. The molecular weight excluding hydrogens is 450 g/mol. The predicted molar refractivity (Wildman–Crippen MR) is 138 cm³/mol. The molecule has 1 aliphatic carbocycles. The van der Waals surface area contributed by atoms with E-state index < -0.39 is 0 Å². The van der Waals surface area contributed by atoms with Gasteiger partial charge in [-0.3, -0.25) is 4.57 Å². The average Bonchev–Trinajstić information content (AvgIpc) is 3.22. The lowest BCUT2D eigenvalue weighted by atomic mass is 9.72. The van der Waals surface area contributed by atoms with Crippen molar-refractivity contribution >= 4 is 11.5 Å². The van der Waals surface area contributed by atoms with E-state index in [-0.39, 0.29) is 11.5 Å². The summed E-state index contributed by atoms with van der Waals surface area (Å²) in [5.74, 6) is 1.52. The molecule has 0 amide bonds. The summed E-state index contributed by atoms with van der Waals surface area (Å²) in [4.78, 5) is 17.8. The number of benzene rings is 2. The molecule has 3 aromatic heterocycles. The zero-order valence-electron chi connectivity index (χ0n) is 19.4. The normalized spacial score (nSPS) is 15.0. The number of imidazole rings is 1. The minimum atomic E-state index is -0.275. The van der Waals surface area contributed by atoms with Gasteiger partial charge in [0.1, 0.15) is 11.5 Å². The van der Waals surface area contributed by atoms with E-state index in [2.05, 4.69) is 49.1 Å². The van der Waals surface area contributed by atoms with E-state index >= 15 is 0 Å². The van der Waals surface area contributed by atoms with Crippen molar-refractivity contribution in [2.45, 2.75) is 24.8 Å². The van der Waals surface area contributed by atoms with E-state index in [1.165, 1.54) is 0 Å². The number of aromatic hydroxyl groups is 1. The highest BCUT2D eigenvalue weighted by atomic mass is 16.3. The highest BCUT2D eigenvalue weighted by Crippen LogP contribution is 2.45. The first-order valence-electron chi connectivity index (χ1n) is 12.0. The van der Waals surface area contributed by atoms with E-state index in [9.17, 15) is 5.11 Å². The zero-order valence-corrected chi connectivity index (χ0v) is 19.4. The van der Waals surface area contributed by atoms with Crippen LogP contribution in [0.2, 0.25) is 0 Å². The van der Waals surface area contributed by atoms with Crippen LogP contribution in [0.25, 0.3) is 39.6 Å². The summed E-state index contributed by atoms with van der Waals surface area (Å²) in [7, 11) is 0. The van der Waals surface area contributed by atoms with Gasteiger partial charge in [-0.25, -0.2) is 19.9 Å². The number of hydrogen-bond donors (Lipinski definition) is 3. The van der Waals surface area contributed by atoms with Crippen molar-refractivity contribution in [3.8, 4) is 45.6 Å². The van der Waals surface area contributed by atoms with Crippen molar-refractivity contribution in [1.82, 2.24) is 24.5 Å². The first-order chi connectivity index (χ1) is 17.6. The molecule has 0 saturated heterocycles. The molecule has 0 unspecified atom stereocenters. The van der Waals surface area contributed by atoms with E-state index in [0.717, 1.165) is 70.4 Å². The second-order valence-corrected chi connectivity index (χ2v) is 9.37. The maximum absolute atomic E-state index is 9.71. The van der Waals surface area contributed by atoms with Gasteiger partial charge < -0.3 is 16.2 Å². The summed E-state index contributed by atoms with van der Waals surface area (Å²) in [5, 5.41) is 13.2. The van der Waals surface area contributed by atoms with Gasteiger partial charge in [0.25, 0.3) is 0 Å². The van der Waals surface area contributed by atoms with Crippen LogP contribution in [0.5, 0.6) is 6.01 Å². The van der Waals surface area contributed by atoms with Gasteiger partial charge in [-0.15, -0.1) is 0 Å². The standard InChI is InChI=1S/C28H23N7O/c29-28(12-4-13-28)19-10-8-17(9-11-19)24-23(18-15-31-27(36)32-16-18)34-26-20-5-1-2-6-21(20)33-25-22(35(24)26)7-3-14-30-25/h1-3,5-11,14-16H,4,12-13,29H2,(H,30,33)(H,31,32,36). The van der Waals surface area contributed by atoms with Crippen molar-refractivity contribution in [3.63, 3.8) is 0 Å². The SMILES string of the molecule is NC1(c2ccc(-c3c(-c4cnc(O)nc4)nc4n3-c3cccnc3Nc3ccccc3-4)cc2)CCC1. The second kappa shape index (κ2) is 7.73. The van der Waals surface area contributed by atoms with Gasteiger partial charge in [0, 0.05) is 40.8 Å². The molecule has 0 spiro atoms. The van der Waals surface area contributed by atoms with Gasteiger partial charge in [0.15, 0.2) is 5.82 Å². The number of hydrogen-bond acceptors (Lipinski definition) is 7. The monoisotopic (exact) mass is 473 g/mol. The summed E-state index contributed by atoms with van der Waals surface area (Å²) < 4.78 is 2.14. The number of pyridine rings is 1. The summed E-state index contributed by atoms with van der Waals surface area (Å²) in [6, 6.07) is 20.2. The smallest absolute Gasteiger partial charge is 0.313 e. The number of fused-ring (bicyclic) bond motifs is 5. The van der Waals surface area contributed by atoms with Gasteiger partial charge in [0.2, 0.25) is 0 Å². The third-order valence-electron chi connectivity index (χ3n) is 7.22. The molecule has 8 heteroatoms. The Morgan fingerprint density at radius 3 is 2.42 bits per heavy atom. The van der Waals surface area contributed by atoms with E-state index in [1.807, 2.05) is 36.4 Å². The van der Waals surface area contributed by atoms with Gasteiger partial charge in [-0.2, -0.15) is 0 Å². The maximum atomic E-state index is 9.71. The van der Waals surface area contributed by atoms with Crippen LogP contribution >= 0.6 is 0 Å². The zero-order chi connectivity index (χ0) is 24.3. The number of nitrogens with two attached hydrogens (primary N) is 1. The lowest BCUT2D eigenvalue weighted by Gasteiger charge is -2.38. The Hall–Kier alpha value is -4.56. The van der Waals surface area contributed by atoms with Crippen LogP contribution in [0.3, 0.4) is 0 Å². The topological polar surface area (TPSA) is 115 Å². The fourth-order valence-corrected chi connectivity index (χ4v) is 5.14. The van der Waals surface area contributed by atoms with Gasteiger partial charge in [0.05, 0.1) is 17.1 Å². The Morgan fingerprint density at radius 1 is 0.889 bits per heavy atom. The molecule has 1 aliphatic heterocycles. The lowest BCUT2D eigenvalue weighted by Crippen LogP contribution is -2.43. The quantitative estimate of drug-likeness (QED) is 0.325. The molecule has 2 aromatic carbocycles. The fraction of sp³-hybridized carbons (Fsp3) is 0.143. The fourth-order valence-electron chi connectivity index (χ4n) is 5.14. The van der Waals surface area contributed by atoms with Gasteiger partial charge in [-0.05, 0) is 49.1 Å². The molecule has 0 bridgehead atoms.